The number of benzene rings is 2. The number of aliphatic hydroxyl groups excluding tert-OH is 1. The van der Waals surface area contributed by atoms with Crippen molar-refractivity contribution in [2.24, 2.45) is 7.05 Å². The van der Waals surface area contributed by atoms with Crippen molar-refractivity contribution in [1.29, 1.82) is 0 Å². The van der Waals surface area contributed by atoms with E-state index in [1.54, 1.807) is 72.2 Å². The summed E-state index contributed by atoms with van der Waals surface area (Å²) in [6.45, 7) is 3.00. The van der Waals surface area contributed by atoms with Crippen molar-refractivity contribution in [3.63, 3.8) is 0 Å². The molecule has 0 radical (unpaired) electrons. The molecular formula is C24H25ClN4O5. The van der Waals surface area contributed by atoms with E-state index in [-0.39, 0.29) is 23.1 Å². The number of rotatable bonds is 8. The molecular weight excluding hydrogens is 460 g/mol. The zero-order valence-electron chi connectivity index (χ0n) is 18.8. The summed E-state index contributed by atoms with van der Waals surface area (Å²) >= 11 is 6.40. The number of nitrogens with one attached hydrogen (secondary N) is 1. The lowest BCUT2D eigenvalue weighted by Gasteiger charge is -2.31. The van der Waals surface area contributed by atoms with Gasteiger partial charge in [0.2, 0.25) is 0 Å². The molecule has 0 spiro atoms. The maximum absolute atomic E-state index is 12.8. The summed E-state index contributed by atoms with van der Waals surface area (Å²) in [5, 5.41) is 16.5. The molecule has 0 unspecified atom stereocenters. The molecule has 3 aromatic rings. The molecule has 0 bridgehead atoms. The number of hydrogen-bond donors (Lipinski definition) is 2. The van der Waals surface area contributed by atoms with Gasteiger partial charge in [-0.15, -0.1) is 0 Å². The first-order valence-electron chi connectivity index (χ1n) is 10.8. The fraction of sp³-hybridized carbons (Fsp3) is 0.292. The Morgan fingerprint density at radius 2 is 1.91 bits per heavy atom. The van der Waals surface area contributed by atoms with Crippen LogP contribution in [0, 0.1) is 0 Å². The van der Waals surface area contributed by atoms with Crippen LogP contribution in [0.3, 0.4) is 0 Å². The number of carbonyl (C=O) groups is 2. The summed E-state index contributed by atoms with van der Waals surface area (Å²) in [5.41, 5.74) is 0.755. The van der Waals surface area contributed by atoms with E-state index >= 15 is 0 Å². The number of aromatic nitrogens is 2. The highest BCUT2D eigenvalue weighted by molar-refractivity contribution is 6.32. The number of hydrogen-bond acceptors (Lipinski definition) is 6. The van der Waals surface area contributed by atoms with E-state index in [9.17, 15) is 14.7 Å². The Kier molecular flexibility index (Phi) is 7.04. The Morgan fingerprint density at radius 1 is 1.15 bits per heavy atom. The van der Waals surface area contributed by atoms with E-state index < -0.39 is 12.0 Å². The van der Waals surface area contributed by atoms with Gasteiger partial charge < -0.3 is 24.8 Å². The number of ether oxygens (including phenoxy) is 2. The average Bonchev–Trinajstić information content (AvgIpc) is 3.18. The smallest absolute Gasteiger partial charge is 0.257 e. The maximum atomic E-state index is 12.8. The number of halogens is 1. The number of aliphatic hydroxyl groups is 1. The zero-order valence-corrected chi connectivity index (χ0v) is 19.6. The van der Waals surface area contributed by atoms with Gasteiger partial charge in [0.25, 0.3) is 11.8 Å². The fourth-order valence-corrected chi connectivity index (χ4v) is 3.53. The Labute approximate surface area is 201 Å². The second kappa shape index (κ2) is 10.1. The van der Waals surface area contributed by atoms with Gasteiger partial charge in [-0.3, -0.25) is 14.3 Å². The predicted octanol–water partition coefficient (Wildman–Crippen LogP) is 3.72. The molecule has 9 nitrogen and oxygen atoms in total. The van der Waals surface area contributed by atoms with Crippen LogP contribution in [0.5, 0.6) is 17.2 Å². The Morgan fingerprint density at radius 3 is 2.53 bits per heavy atom. The van der Waals surface area contributed by atoms with Crippen molar-refractivity contribution in [3.8, 4) is 17.2 Å². The van der Waals surface area contributed by atoms with Crippen LogP contribution in [0.1, 0.15) is 34.1 Å². The number of anilines is 1. The molecule has 2 N–H and O–H groups in total. The molecule has 1 saturated heterocycles. The topological polar surface area (TPSA) is 106 Å². The molecule has 1 aliphatic heterocycles. The minimum Gasteiger partial charge on any atom is -0.488 e. The van der Waals surface area contributed by atoms with Crippen LogP contribution < -0.4 is 14.8 Å². The van der Waals surface area contributed by atoms with E-state index in [1.807, 2.05) is 0 Å². The highest BCUT2D eigenvalue weighted by Gasteiger charge is 2.22. The third-order valence-electron chi connectivity index (χ3n) is 5.24. The van der Waals surface area contributed by atoms with Gasteiger partial charge >= 0.3 is 0 Å². The lowest BCUT2D eigenvalue weighted by atomic mass is 10.1. The molecule has 2 heterocycles. The molecule has 1 aromatic heterocycles. The molecule has 2 aromatic carbocycles. The molecule has 10 heteroatoms. The first-order valence-corrected chi connectivity index (χ1v) is 11.2. The number of carbonyl (C=O) groups excluding carboxylic acids is 2. The fourth-order valence-electron chi connectivity index (χ4n) is 3.32. The Bertz CT molecular complexity index is 1210. The van der Waals surface area contributed by atoms with E-state index in [1.165, 1.54) is 0 Å². The van der Waals surface area contributed by atoms with Crippen LogP contribution >= 0.6 is 11.6 Å². The summed E-state index contributed by atoms with van der Waals surface area (Å²) in [4.78, 5) is 27.0. The third kappa shape index (κ3) is 5.49. The molecule has 34 heavy (non-hydrogen) atoms. The SMILES string of the molecule is C[C@H](CO)Oc1cc(Oc2ccc(C(=O)N3CCC3)cc2Cl)cc(C(=O)Nc2ccn(C)n2)c1. The molecule has 1 atom stereocenters. The van der Waals surface area contributed by atoms with Crippen molar-refractivity contribution < 1.29 is 24.2 Å². The van der Waals surface area contributed by atoms with Crippen LogP contribution in [-0.2, 0) is 7.05 Å². The molecule has 1 aliphatic rings. The van der Waals surface area contributed by atoms with Gasteiger partial charge in [-0.05, 0) is 43.7 Å². The van der Waals surface area contributed by atoms with Gasteiger partial charge in [-0.25, -0.2) is 0 Å². The highest BCUT2D eigenvalue weighted by Crippen LogP contribution is 2.33. The second-order valence-corrected chi connectivity index (χ2v) is 8.43. The van der Waals surface area contributed by atoms with E-state index in [0.717, 1.165) is 19.5 Å². The molecule has 0 saturated carbocycles. The molecule has 4 rings (SSSR count). The zero-order chi connectivity index (χ0) is 24.2. The summed E-state index contributed by atoms with van der Waals surface area (Å²) in [5.74, 6) is 0.887. The van der Waals surface area contributed by atoms with Crippen LogP contribution in [0.15, 0.2) is 48.7 Å². The van der Waals surface area contributed by atoms with Crippen molar-refractivity contribution in [2.75, 3.05) is 25.0 Å². The van der Waals surface area contributed by atoms with Gasteiger partial charge in [0.1, 0.15) is 23.4 Å². The van der Waals surface area contributed by atoms with E-state index in [2.05, 4.69) is 10.4 Å². The monoisotopic (exact) mass is 484 g/mol. The molecule has 1 fully saturated rings. The number of aryl methyl sites for hydroxylation is 1. The molecule has 178 valence electrons. The van der Waals surface area contributed by atoms with Crippen LogP contribution in [0.25, 0.3) is 0 Å². The quantitative estimate of drug-likeness (QED) is 0.504. The van der Waals surface area contributed by atoms with Crippen LogP contribution in [0.4, 0.5) is 5.82 Å². The largest absolute Gasteiger partial charge is 0.488 e. The van der Waals surface area contributed by atoms with Gasteiger partial charge in [-0.2, -0.15) is 5.10 Å². The summed E-state index contributed by atoms with van der Waals surface area (Å²) in [6, 6.07) is 11.2. The van der Waals surface area contributed by atoms with E-state index in [0.29, 0.717) is 28.6 Å². The van der Waals surface area contributed by atoms with E-state index in [4.69, 9.17) is 21.1 Å². The lowest BCUT2D eigenvalue weighted by molar-refractivity contribution is 0.0651. The maximum Gasteiger partial charge on any atom is 0.257 e. The second-order valence-electron chi connectivity index (χ2n) is 8.03. The number of nitrogens with zero attached hydrogens (tertiary/aromatic N) is 3. The van der Waals surface area contributed by atoms with Crippen molar-refractivity contribution in [3.05, 3.63) is 64.8 Å². The first kappa shape index (κ1) is 23.6. The molecule has 0 aliphatic carbocycles. The molecule has 2 amide bonds. The van der Waals surface area contributed by atoms with Crippen molar-refractivity contribution >= 4 is 29.2 Å². The van der Waals surface area contributed by atoms with Crippen molar-refractivity contribution in [2.45, 2.75) is 19.4 Å². The van der Waals surface area contributed by atoms with Gasteiger partial charge in [0.15, 0.2) is 5.82 Å². The van der Waals surface area contributed by atoms with Gasteiger partial charge in [-0.1, -0.05) is 11.6 Å². The van der Waals surface area contributed by atoms with Crippen LogP contribution in [-0.4, -0.2) is 57.4 Å². The standard InChI is InChI=1S/C24H25ClN4O5/c1-15(14-30)33-18-10-17(23(31)26-22-6-9-28(2)27-22)11-19(13-18)34-21-5-4-16(12-20(21)25)24(32)29-7-3-8-29/h4-6,9-13,15,30H,3,7-8,14H2,1-2H3,(H,26,27,31)/t15-/m1/s1. The number of amides is 2. The Balaban J connectivity index is 1.58. The highest BCUT2D eigenvalue weighted by atomic mass is 35.5. The minimum atomic E-state index is -0.489. The summed E-state index contributed by atoms with van der Waals surface area (Å²) < 4.78 is 13.2. The first-order chi connectivity index (χ1) is 16.3. The Hall–Kier alpha value is -3.56. The number of likely N-dealkylation sites (tertiary alicyclic amines) is 1. The van der Waals surface area contributed by atoms with Crippen LogP contribution in [0.2, 0.25) is 5.02 Å². The normalized spacial score (nSPS) is 13.7. The third-order valence-corrected chi connectivity index (χ3v) is 5.54. The van der Waals surface area contributed by atoms with Crippen molar-refractivity contribution in [1.82, 2.24) is 14.7 Å². The predicted molar refractivity (Wildman–Crippen MR) is 127 cm³/mol. The van der Waals surface area contributed by atoms with Gasteiger partial charge in [0.05, 0.1) is 11.6 Å². The minimum absolute atomic E-state index is 0.0680. The lowest BCUT2D eigenvalue weighted by Crippen LogP contribution is -2.41. The van der Waals surface area contributed by atoms with Gasteiger partial charge in [0, 0.05) is 49.6 Å². The summed E-state index contributed by atoms with van der Waals surface area (Å²) in [6.07, 6.45) is 2.23. The average molecular weight is 485 g/mol. The summed E-state index contributed by atoms with van der Waals surface area (Å²) in [7, 11) is 1.75.